The van der Waals surface area contributed by atoms with E-state index in [0.717, 1.165) is 56.0 Å². The third-order valence-corrected chi connectivity index (χ3v) is 6.98. The molecule has 3 heteroatoms. The fraction of sp³-hybridized carbons (Fsp3) is 0.321. The Hall–Kier alpha value is -3.09. The summed E-state index contributed by atoms with van der Waals surface area (Å²) in [7, 11) is 0. The van der Waals surface area contributed by atoms with Gasteiger partial charge in [0.15, 0.2) is 0 Å². The zero-order valence-electron chi connectivity index (χ0n) is 18.0. The standard InChI is InChI=1S/C28H29N3/c29-21-24-11-10-23(27-8-4-5-9-28(24)27)20-22-12-16-30(17-13-22)26-14-18-31(19-15-26)25-6-2-1-3-7-25/h1-11,20,26H,12-19H2. The molecule has 3 aromatic carbocycles. The fourth-order valence-electron chi connectivity index (χ4n) is 5.21. The van der Waals surface area contributed by atoms with Crippen LogP contribution in [-0.4, -0.2) is 37.1 Å². The molecular formula is C28H29N3. The van der Waals surface area contributed by atoms with Gasteiger partial charge in [-0.1, -0.05) is 60.2 Å². The maximum absolute atomic E-state index is 9.41. The lowest BCUT2D eigenvalue weighted by molar-refractivity contribution is 0.158. The van der Waals surface area contributed by atoms with E-state index in [1.807, 2.05) is 12.1 Å². The summed E-state index contributed by atoms with van der Waals surface area (Å²) in [5.74, 6) is 0. The van der Waals surface area contributed by atoms with Gasteiger partial charge in [-0.25, -0.2) is 0 Å². The second-order valence-electron chi connectivity index (χ2n) is 8.75. The SMILES string of the molecule is N#Cc1ccc(C=C2CCN(C3CCN(c4ccccc4)CC3)CC2)c2ccccc12. The van der Waals surface area contributed by atoms with Gasteiger partial charge in [-0.15, -0.1) is 0 Å². The zero-order valence-corrected chi connectivity index (χ0v) is 18.0. The van der Waals surface area contributed by atoms with Crippen molar-refractivity contribution in [2.75, 3.05) is 31.1 Å². The Morgan fingerprint density at radius 3 is 2.16 bits per heavy atom. The number of nitrogens with zero attached hydrogens (tertiary/aromatic N) is 3. The molecule has 0 spiro atoms. The third-order valence-electron chi connectivity index (χ3n) is 6.98. The van der Waals surface area contributed by atoms with E-state index in [-0.39, 0.29) is 0 Å². The minimum Gasteiger partial charge on any atom is -0.371 e. The Labute approximate surface area is 185 Å². The maximum atomic E-state index is 9.41. The first-order valence-electron chi connectivity index (χ1n) is 11.5. The molecule has 0 radical (unpaired) electrons. The number of hydrogen-bond acceptors (Lipinski definition) is 3. The number of para-hydroxylation sites is 1. The Balaban J connectivity index is 1.22. The van der Waals surface area contributed by atoms with Crippen molar-refractivity contribution >= 4 is 22.5 Å². The molecule has 0 atom stereocenters. The van der Waals surface area contributed by atoms with Gasteiger partial charge in [0, 0.05) is 43.3 Å². The summed E-state index contributed by atoms with van der Waals surface area (Å²) in [6.07, 6.45) is 7.18. The quantitative estimate of drug-likeness (QED) is 0.545. The average molecular weight is 408 g/mol. The summed E-state index contributed by atoms with van der Waals surface area (Å²) in [5.41, 5.74) is 4.90. The maximum Gasteiger partial charge on any atom is 0.0998 e. The van der Waals surface area contributed by atoms with Gasteiger partial charge in [0.25, 0.3) is 0 Å². The van der Waals surface area contributed by atoms with Gasteiger partial charge < -0.3 is 4.90 Å². The largest absolute Gasteiger partial charge is 0.371 e. The molecule has 2 fully saturated rings. The Bertz CT molecular complexity index is 1110. The van der Waals surface area contributed by atoms with Crippen molar-refractivity contribution in [3.05, 3.63) is 83.4 Å². The molecule has 2 heterocycles. The van der Waals surface area contributed by atoms with Crippen molar-refractivity contribution < 1.29 is 0 Å². The Morgan fingerprint density at radius 2 is 1.45 bits per heavy atom. The van der Waals surface area contributed by atoms with E-state index in [1.165, 1.54) is 35.1 Å². The second-order valence-corrected chi connectivity index (χ2v) is 8.75. The summed E-state index contributed by atoms with van der Waals surface area (Å²) >= 11 is 0. The van der Waals surface area contributed by atoms with Crippen LogP contribution in [0, 0.1) is 11.3 Å². The molecule has 0 saturated carbocycles. The van der Waals surface area contributed by atoms with Crippen molar-refractivity contribution in [1.82, 2.24) is 4.90 Å². The monoisotopic (exact) mass is 407 g/mol. The van der Waals surface area contributed by atoms with Gasteiger partial charge in [-0.05, 0) is 54.8 Å². The van der Waals surface area contributed by atoms with Gasteiger partial charge in [0.2, 0.25) is 0 Å². The van der Waals surface area contributed by atoms with Crippen LogP contribution in [-0.2, 0) is 0 Å². The lowest BCUT2D eigenvalue weighted by Gasteiger charge is -2.41. The topological polar surface area (TPSA) is 30.3 Å². The van der Waals surface area contributed by atoms with Gasteiger partial charge in [0.05, 0.1) is 11.6 Å². The van der Waals surface area contributed by atoms with Crippen molar-refractivity contribution in [3.63, 3.8) is 0 Å². The van der Waals surface area contributed by atoms with E-state index in [0.29, 0.717) is 0 Å². The number of anilines is 1. The van der Waals surface area contributed by atoms with Crippen LogP contribution in [0.5, 0.6) is 0 Å². The number of fused-ring (bicyclic) bond motifs is 1. The van der Waals surface area contributed by atoms with E-state index in [1.54, 1.807) is 0 Å². The molecule has 0 unspecified atom stereocenters. The average Bonchev–Trinajstić information content (AvgIpc) is 2.85. The van der Waals surface area contributed by atoms with E-state index in [4.69, 9.17) is 0 Å². The highest BCUT2D eigenvalue weighted by Crippen LogP contribution is 2.29. The lowest BCUT2D eigenvalue weighted by Crippen LogP contribution is -2.47. The molecule has 2 aliphatic heterocycles. The highest BCUT2D eigenvalue weighted by molar-refractivity contribution is 5.94. The minimum absolute atomic E-state index is 0.720. The summed E-state index contributed by atoms with van der Waals surface area (Å²) in [6.45, 7) is 4.64. The predicted octanol–water partition coefficient (Wildman–Crippen LogP) is 5.86. The Morgan fingerprint density at radius 1 is 0.774 bits per heavy atom. The second kappa shape index (κ2) is 8.96. The molecule has 0 amide bonds. The smallest absolute Gasteiger partial charge is 0.0998 e. The molecule has 0 aliphatic carbocycles. The molecule has 5 rings (SSSR count). The van der Waals surface area contributed by atoms with Crippen LogP contribution in [0.2, 0.25) is 0 Å². The van der Waals surface area contributed by atoms with Crippen LogP contribution in [0.15, 0.2) is 72.3 Å². The van der Waals surface area contributed by atoms with Gasteiger partial charge >= 0.3 is 0 Å². The van der Waals surface area contributed by atoms with Crippen LogP contribution in [0.4, 0.5) is 5.69 Å². The molecule has 3 aromatic rings. The Kier molecular flexibility index (Phi) is 5.74. The van der Waals surface area contributed by atoms with Crippen molar-refractivity contribution in [3.8, 4) is 6.07 Å². The molecule has 31 heavy (non-hydrogen) atoms. The number of piperidine rings is 2. The number of rotatable bonds is 3. The highest BCUT2D eigenvalue weighted by atomic mass is 15.2. The molecule has 0 aromatic heterocycles. The van der Waals surface area contributed by atoms with Crippen LogP contribution >= 0.6 is 0 Å². The lowest BCUT2D eigenvalue weighted by atomic mass is 9.94. The van der Waals surface area contributed by atoms with Gasteiger partial charge in [0.1, 0.15) is 0 Å². The third kappa shape index (κ3) is 4.22. The number of nitriles is 1. The number of benzene rings is 3. The molecule has 0 bridgehead atoms. The van der Waals surface area contributed by atoms with Crippen LogP contribution < -0.4 is 4.90 Å². The first-order valence-corrected chi connectivity index (χ1v) is 11.5. The van der Waals surface area contributed by atoms with Gasteiger partial charge in [-0.3, -0.25) is 4.90 Å². The van der Waals surface area contributed by atoms with E-state index in [9.17, 15) is 5.26 Å². The minimum atomic E-state index is 0.720. The van der Waals surface area contributed by atoms with Gasteiger partial charge in [-0.2, -0.15) is 5.26 Å². The normalized spacial score (nSPS) is 18.2. The van der Waals surface area contributed by atoms with E-state index in [2.05, 4.69) is 76.5 Å². The van der Waals surface area contributed by atoms with E-state index < -0.39 is 0 Å². The molecule has 2 saturated heterocycles. The van der Waals surface area contributed by atoms with Crippen molar-refractivity contribution in [2.45, 2.75) is 31.7 Å². The molecule has 3 nitrogen and oxygen atoms in total. The van der Waals surface area contributed by atoms with Crippen LogP contribution in [0.25, 0.3) is 16.8 Å². The molecular weight excluding hydrogens is 378 g/mol. The predicted molar refractivity (Wildman–Crippen MR) is 129 cm³/mol. The number of hydrogen-bond donors (Lipinski definition) is 0. The van der Waals surface area contributed by atoms with E-state index >= 15 is 0 Å². The summed E-state index contributed by atoms with van der Waals surface area (Å²) < 4.78 is 0. The highest BCUT2D eigenvalue weighted by Gasteiger charge is 2.26. The molecule has 2 aliphatic rings. The molecule has 156 valence electrons. The van der Waals surface area contributed by atoms with Crippen molar-refractivity contribution in [1.29, 1.82) is 5.26 Å². The number of likely N-dealkylation sites (tertiary alicyclic amines) is 1. The zero-order chi connectivity index (χ0) is 21.0. The fourth-order valence-corrected chi connectivity index (χ4v) is 5.21. The summed E-state index contributed by atoms with van der Waals surface area (Å²) in [4.78, 5) is 5.25. The first-order chi connectivity index (χ1) is 15.3. The summed E-state index contributed by atoms with van der Waals surface area (Å²) in [6, 6.07) is 26.2. The van der Waals surface area contributed by atoms with Crippen molar-refractivity contribution in [2.24, 2.45) is 0 Å². The first kappa shape index (κ1) is 19.8. The van der Waals surface area contributed by atoms with Crippen LogP contribution in [0.1, 0.15) is 36.8 Å². The molecule has 0 N–H and O–H groups in total. The summed E-state index contributed by atoms with van der Waals surface area (Å²) in [5, 5.41) is 11.7. The van der Waals surface area contributed by atoms with Crippen LogP contribution in [0.3, 0.4) is 0 Å².